The summed E-state index contributed by atoms with van der Waals surface area (Å²) in [6.45, 7) is 0. The van der Waals surface area contributed by atoms with Crippen LogP contribution >= 0.6 is 0 Å². The van der Waals surface area contributed by atoms with Gasteiger partial charge in [-0.25, -0.2) is 8.78 Å². The lowest BCUT2D eigenvalue weighted by molar-refractivity contribution is -0.136. The summed E-state index contributed by atoms with van der Waals surface area (Å²) in [6.07, 6.45) is -0.307. The van der Waals surface area contributed by atoms with Crippen LogP contribution < -0.4 is 0 Å². The van der Waals surface area contributed by atoms with Crippen molar-refractivity contribution in [3.63, 3.8) is 0 Å². The predicted octanol–water partition coefficient (Wildman–Crippen LogP) is 3.68. The Morgan fingerprint density at radius 1 is 0.857 bits per heavy atom. The highest BCUT2D eigenvalue weighted by molar-refractivity contribution is 5.97. The molecule has 2 rings (SSSR count). The molecule has 0 radical (unpaired) electrons. The number of aliphatic carboxylic acids is 1. The molecule has 0 aromatic heterocycles. The Labute approximate surface area is 119 Å². The van der Waals surface area contributed by atoms with E-state index in [-0.39, 0.29) is 18.6 Å². The van der Waals surface area contributed by atoms with Crippen molar-refractivity contribution in [2.24, 2.45) is 0 Å². The largest absolute Gasteiger partial charge is 0.481 e. The van der Waals surface area contributed by atoms with Gasteiger partial charge in [0.1, 0.15) is 11.6 Å². The lowest BCUT2D eigenvalue weighted by Crippen LogP contribution is -2.03. The van der Waals surface area contributed by atoms with E-state index in [0.29, 0.717) is 16.7 Å². The maximum Gasteiger partial charge on any atom is 0.303 e. The van der Waals surface area contributed by atoms with Crippen molar-refractivity contribution in [3.8, 4) is 11.1 Å². The normalized spacial score (nSPS) is 10.4. The fourth-order valence-electron chi connectivity index (χ4n) is 1.93. The molecule has 0 bridgehead atoms. The van der Waals surface area contributed by atoms with Crippen LogP contribution in [0.15, 0.2) is 42.5 Å². The van der Waals surface area contributed by atoms with Gasteiger partial charge in [0, 0.05) is 18.1 Å². The molecule has 0 saturated heterocycles. The van der Waals surface area contributed by atoms with Crippen LogP contribution in [0.1, 0.15) is 23.2 Å². The van der Waals surface area contributed by atoms with Gasteiger partial charge in [-0.2, -0.15) is 0 Å². The minimum absolute atomic E-state index is 0.0801. The first-order valence-corrected chi connectivity index (χ1v) is 6.27. The molecule has 0 aliphatic rings. The number of hydrogen-bond donors (Lipinski definition) is 1. The maximum absolute atomic E-state index is 13.1. The van der Waals surface area contributed by atoms with Crippen molar-refractivity contribution < 1.29 is 23.5 Å². The van der Waals surface area contributed by atoms with Gasteiger partial charge in [-0.1, -0.05) is 24.3 Å². The molecule has 0 aliphatic heterocycles. The van der Waals surface area contributed by atoms with Crippen molar-refractivity contribution in [1.29, 1.82) is 0 Å². The average Bonchev–Trinajstić information content (AvgIpc) is 2.44. The van der Waals surface area contributed by atoms with Gasteiger partial charge < -0.3 is 5.11 Å². The van der Waals surface area contributed by atoms with E-state index in [1.807, 2.05) is 0 Å². The Balaban J connectivity index is 2.18. The third-order valence-electron chi connectivity index (χ3n) is 2.97. The van der Waals surface area contributed by atoms with Gasteiger partial charge >= 0.3 is 5.97 Å². The fourth-order valence-corrected chi connectivity index (χ4v) is 1.93. The van der Waals surface area contributed by atoms with Gasteiger partial charge in [0.2, 0.25) is 0 Å². The summed E-state index contributed by atoms with van der Waals surface area (Å²) in [5, 5.41) is 8.53. The summed E-state index contributed by atoms with van der Waals surface area (Å²) in [5.41, 5.74) is 1.32. The zero-order chi connectivity index (χ0) is 15.4. The first-order valence-electron chi connectivity index (χ1n) is 6.27. The van der Waals surface area contributed by atoms with E-state index in [1.165, 1.54) is 24.3 Å². The maximum atomic E-state index is 13.1. The SMILES string of the molecule is O=C(O)CCC(=O)c1ccc(-c2cc(F)cc(F)c2)cc1. The molecular weight excluding hydrogens is 278 g/mol. The van der Waals surface area contributed by atoms with Crippen molar-refractivity contribution in [1.82, 2.24) is 0 Å². The first kappa shape index (κ1) is 14.8. The van der Waals surface area contributed by atoms with Crippen LogP contribution in [-0.2, 0) is 4.79 Å². The minimum Gasteiger partial charge on any atom is -0.481 e. The highest BCUT2D eigenvalue weighted by Gasteiger charge is 2.09. The fraction of sp³-hybridized carbons (Fsp3) is 0.125. The Kier molecular flexibility index (Phi) is 4.42. The molecule has 0 atom stereocenters. The number of Topliss-reactive ketones (excluding diaryl/α,β-unsaturated/α-hetero) is 1. The molecule has 108 valence electrons. The van der Waals surface area contributed by atoms with Crippen molar-refractivity contribution >= 4 is 11.8 Å². The second-order valence-electron chi connectivity index (χ2n) is 4.55. The monoisotopic (exact) mass is 290 g/mol. The van der Waals surface area contributed by atoms with Gasteiger partial charge in [0.25, 0.3) is 0 Å². The van der Waals surface area contributed by atoms with Gasteiger partial charge in [0.05, 0.1) is 6.42 Å². The summed E-state index contributed by atoms with van der Waals surface area (Å²) in [7, 11) is 0. The Bertz CT molecular complexity index is 658. The van der Waals surface area contributed by atoms with E-state index >= 15 is 0 Å². The molecule has 0 saturated carbocycles. The van der Waals surface area contributed by atoms with Gasteiger partial charge in [-0.3, -0.25) is 9.59 Å². The summed E-state index contributed by atoms with van der Waals surface area (Å²) < 4.78 is 26.3. The molecule has 0 aliphatic carbocycles. The molecule has 2 aromatic rings. The zero-order valence-electron chi connectivity index (χ0n) is 11.0. The predicted molar refractivity (Wildman–Crippen MR) is 73.0 cm³/mol. The number of carboxylic acid groups (broad SMARTS) is 1. The lowest BCUT2D eigenvalue weighted by atomic mass is 10.0. The number of rotatable bonds is 5. The molecule has 2 aromatic carbocycles. The van der Waals surface area contributed by atoms with Crippen molar-refractivity contribution in [2.75, 3.05) is 0 Å². The van der Waals surface area contributed by atoms with Gasteiger partial charge in [-0.05, 0) is 23.3 Å². The molecule has 0 unspecified atom stereocenters. The van der Waals surface area contributed by atoms with Crippen molar-refractivity contribution in [2.45, 2.75) is 12.8 Å². The molecule has 0 amide bonds. The molecule has 0 spiro atoms. The van der Waals surface area contributed by atoms with Crippen LogP contribution in [0.3, 0.4) is 0 Å². The summed E-state index contributed by atoms with van der Waals surface area (Å²) in [4.78, 5) is 22.1. The number of hydrogen-bond acceptors (Lipinski definition) is 2. The van der Waals surface area contributed by atoms with Crippen LogP contribution in [0, 0.1) is 11.6 Å². The number of carboxylic acids is 1. The molecule has 21 heavy (non-hydrogen) atoms. The summed E-state index contributed by atoms with van der Waals surface area (Å²) in [5.74, 6) is -2.66. The Morgan fingerprint density at radius 2 is 1.43 bits per heavy atom. The highest BCUT2D eigenvalue weighted by atomic mass is 19.1. The summed E-state index contributed by atoms with van der Waals surface area (Å²) >= 11 is 0. The Morgan fingerprint density at radius 3 is 1.95 bits per heavy atom. The van der Waals surface area contributed by atoms with Crippen LogP contribution in [0.2, 0.25) is 0 Å². The van der Waals surface area contributed by atoms with E-state index in [4.69, 9.17) is 5.11 Å². The number of carbonyl (C=O) groups is 2. The van der Waals surface area contributed by atoms with E-state index in [9.17, 15) is 18.4 Å². The summed E-state index contributed by atoms with van der Waals surface area (Å²) in [6, 6.07) is 9.36. The zero-order valence-corrected chi connectivity index (χ0v) is 11.0. The molecule has 0 heterocycles. The molecule has 3 nitrogen and oxygen atoms in total. The first-order chi connectivity index (χ1) is 9.95. The second kappa shape index (κ2) is 6.26. The van der Waals surface area contributed by atoms with Crippen LogP contribution in [-0.4, -0.2) is 16.9 Å². The second-order valence-corrected chi connectivity index (χ2v) is 4.55. The van der Waals surface area contributed by atoms with E-state index in [0.717, 1.165) is 6.07 Å². The van der Waals surface area contributed by atoms with E-state index in [1.54, 1.807) is 12.1 Å². The third-order valence-corrected chi connectivity index (χ3v) is 2.97. The smallest absolute Gasteiger partial charge is 0.303 e. The molecule has 0 fully saturated rings. The van der Waals surface area contributed by atoms with Crippen LogP contribution in [0.25, 0.3) is 11.1 Å². The number of ketones is 1. The minimum atomic E-state index is -1.03. The number of benzene rings is 2. The quantitative estimate of drug-likeness (QED) is 0.855. The Hall–Kier alpha value is -2.56. The third kappa shape index (κ3) is 3.95. The highest BCUT2D eigenvalue weighted by Crippen LogP contribution is 2.22. The van der Waals surface area contributed by atoms with Crippen LogP contribution in [0.5, 0.6) is 0 Å². The molecule has 5 heteroatoms. The topological polar surface area (TPSA) is 54.4 Å². The lowest BCUT2D eigenvalue weighted by Gasteiger charge is -2.04. The van der Waals surface area contributed by atoms with Gasteiger partial charge in [0.15, 0.2) is 5.78 Å². The standard InChI is InChI=1S/C16H12F2O3/c17-13-7-12(8-14(18)9-13)10-1-3-11(4-2-10)15(19)5-6-16(20)21/h1-4,7-9H,5-6H2,(H,20,21). The molecular formula is C16H12F2O3. The molecule has 1 N–H and O–H groups in total. The van der Waals surface area contributed by atoms with E-state index < -0.39 is 17.6 Å². The number of halogens is 2. The van der Waals surface area contributed by atoms with Crippen LogP contribution in [0.4, 0.5) is 8.78 Å². The van der Waals surface area contributed by atoms with Gasteiger partial charge in [-0.15, -0.1) is 0 Å². The van der Waals surface area contributed by atoms with E-state index in [2.05, 4.69) is 0 Å². The van der Waals surface area contributed by atoms with Crippen molar-refractivity contribution in [3.05, 3.63) is 59.7 Å². The average molecular weight is 290 g/mol. The number of carbonyl (C=O) groups excluding carboxylic acids is 1.